The van der Waals surface area contributed by atoms with E-state index in [4.69, 9.17) is 15.6 Å². The quantitative estimate of drug-likeness (QED) is 0.233. The molecule has 0 radical (unpaired) electrons. The lowest BCUT2D eigenvalue weighted by Gasteiger charge is -2.24. The summed E-state index contributed by atoms with van der Waals surface area (Å²) < 4.78 is 5.49. The Morgan fingerprint density at radius 3 is 2.77 bits per heavy atom. The maximum absolute atomic E-state index is 10.9. The van der Waals surface area contributed by atoms with Crippen molar-refractivity contribution in [3.8, 4) is 5.75 Å². The number of ether oxygens (including phenoxy) is 1. The Labute approximate surface area is 151 Å². The van der Waals surface area contributed by atoms with Crippen LogP contribution in [-0.4, -0.2) is 53.7 Å². The third-order valence-electron chi connectivity index (χ3n) is 3.47. The lowest BCUT2D eigenvalue weighted by molar-refractivity contribution is -0.760. The van der Waals surface area contributed by atoms with Crippen molar-refractivity contribution in [2.24, 2.45) is 5.41 Å². The molecule has 1 aromatic rings. The van der Waals surface area contributed by atoms with Crippen molar-refractivity contribution in [3.63, 3.8) is 0 Å². The van der Waals surface area contributed by atoms with Gasteiger partial charge in [0.1, 0.15) is 25.1 Å². The number of carboxylic acids is 1. The lowest BCUT2D eigenvalue weighted by Crippen LogP contribution is -2.39. The third kappa shape index (κ3) is 7.99. The minimum atomic E-state index is -1.03. The van der Waals surface area contributed by atoms with Gasteiger partial charge in [0, 0.05) is 29.8 Å². The molecule has 1 aromatic carbocycles. The van der Waals surface area contributed by atoms with Crippen LogP contribution in [0, 0.1) is 15.5 Å². The normalized spacial score (nSPS) is 12.4. The number of nitrogens with two attached hydrogens (primary N) is 1. The van der Waals surface area contributed by atoms with Crippen LogP contribution >= 0.6 is 0 Å². The van der Waals surface area contributed by atoms with Gasteiger partial charge in [0.05, 0.1) is 6.42 Å². The monoisotopic (exact) mass is 371 g/mol. The van der Waals surface area contributed by atoms with Crippen molar-refractivity contribution < 1.29 is 29.7 Å². The molecule has 0 fully saturated rings. The van der Waals surface area contributed by atoms with E-state index in [2.05, 4.69) is 10.2 Å². The second kappa shape index (κ2) is 9.78. The van der Waals surface area contributed by atoms with Gasteiger partial charge in [0.2, 0.25) is 0 Å². The van der Waals surface area contributed by atoms with Crippen molar-refractivity contribution in [1.82, 2.24) is 5.32 Å². The summed E-state index contributed by atoms with van der Waals surface area (Å²) in [5, 5.41) is 31.3. The lowest BCUT2D eigenvalue weighted by atomic mass is 9.95. The van der Waals surface area contributed by atoms with Crippen molar-refractivity contribution in [2.75, 3.05) is 32.0 Å². The standard InChI is InChI=1S/C16H25N3O7/c1-16(2,10-26-19(23)24)9-18-7-11(20)8-25-14-5-3-4-13(17)12(14)6-15(21)22/h3-5,11,18,20H,6-10,17H2,1-2H3,(H,21,22). The van der Waals surface area contributed by atoms with Crippen molar-refractivity contribution in [3.05, 3.63) is 33.9 Å². The molecule has 0 aliphatic carbocycles. The molecule has 1 unspecified atom stereocenters. The number of nitrogens with one attached hydrogen (secondary N) is 1. The minimum Gasteiger partial charge on any atom is -0.490 e. The van der Waals surface area contributed by atoms with Crippen LogP contribution in [0.15, 0.2) is 18.2 Å². The highest BCUT2D eigenvalue weighted by atomic mass is 16.9. The molecule has 0 amide bonds. The average molecular weight is 371 g/mol. The van der Waals surface area contributed by atoms with Crippen molar-refractivity contribution >= 4 is 11.7 Å². The van der Waals surface area contributed by atoms with Gasteiger partial charge in [-0.05, 0) is 12.1 Å². The zero-order valence-corrected chi connectivity index (χ0v) is 14.8. The molecule has 0 bridgehead atoms. The molecule has 5 N–H and O–H groups in total. The molecular weight excluding hydrogens is 346 g/mol. The fourth-order valence-corrected chi connectivity index (χ4v) is 2.16. The molecule has 146 valence electrons. The van der Waals surface area contributed by atoms with Gasteiger partial charge in [0.15, 0.2) is 0 Å². The summed E-state index contributed by atoms with van der Waals surface area (Å²) in [5.41, 5.74) is 5.96. The van der Waals surface area contributed by atoms with Crippen LogP contribution in [0.3, 0.4) is 0 Å². The number of aliphatic hydroxyl groups is 1. The zero-order valence-electron chi connectivity index (χ0n) is 14.8. The molecule has 0 aliphatic heterocycles. The average Bonchev–Trinajstić information content (AvgIpc) is 2.53. The number of rotatable bonds is 12. The summed E-state index contributed by atoms with van der Waals surface area (Å²) in [6.45, 7) is 4.03. The first-order valence-electron chi connectivity index (χ1n) is 7.99. The molecule has 0 aromatic heterocycles. The highest BCUT2D eigenvalue weighted by Gasteiger charge is 2.20. The summed E-state index contributed by atoms with van der Waals surface area (Å²) in [4.78, 5) is 25.5. The van der Waals surface area contributed by atoms with E-state index in [-0.39, 0.29) is 26.2 Å². The fraction of sp³-hybridized carbons (Fsp3) is 0.562. The molecule has 10 heteroatoms. The van der Waals surface area contributed by atoms with Crippen LogP contribution in [0.2, 0.25) is 0 Å². The number of hydrogen-bond donors (Lipinski definition) is 4. The summed E-state index contributed by atoms with van der Waals surface area (Å²) in [5.74, 6) is -0.722. The van der Waals surface area contributed by atoms with Gasteiger partial charge in [-0.15, -0.1) is 10.1 Å². The van der Waals surface area contributed by atoms with Crippen molar-refractivity contribution in [2.45, 2.75) is 26.4 Å². The first-order chi connectivity index (χ1) is 12.1. The number of anilines is 1. The van der Waals surface area contributed by atoms with Crippen LogP contribution in [0.5, 0.6) is 5.75 Å². The van der Waals surface area contributed by atoms with E-state index in [1.165, 1.54) is 0 Å². The van der Waals surface area contributed by atoms with Gasteiger partial charge >= 0.3 is 5.97 Å². The van der Waals surface area contributed by atoms with Crippen LogP contribution in [0.25, 0.3) is 0 Å². The molecule has 1 atom stereocenters. The predicted octanol–water partition coefficient (Wildman–Crippen LogP) is 0.460. The van der Waals surface area contributed by atoms with Gasteiger partial charge < -0.3 is 30.8 Å². The number of carbonyl (C=O) groups is 1. The summed E-state index contributed by atoms with van der Waals surface area (Å²) in [7, 11) is 0. The summed E-state index contributed by atoms with van der Waals surface area (Å²) in [6.07, 6.45) is -1.14. The Hall–Kier alpha value is -2.59. The molecule has 0 saturated heterocycles. The van der Waals surface area contributed by atoms with E-state index in [1.54, 1.807) is 32.0 Å². The second-order valence-corrected chi connectivity index (χ2v) is 6.65. The Bertz CT molecular complexity index is 622. The van der Waals surface area contributed by atoms with E-state index in [1.807, 2.05) is 0 Å². The zero-order chi connectivity index (χ0) is 19.7. The number of hydrogen-bond acceptors (Lipinski definition) is 8. The maximum atomic E-state index is 10.9. The van der Waals surface area contributed by atoms with Crippen LogP contribution in [0.4, 0.5) is 5.69 Å². The van der Waals surface area contributed by atoms with E-state index in [0.717, 1.165) is 0 Å². The van der Waals surface area contributed by atoms with Gasteiger partial charge in [-0.2, -0.15) is 0 Å². The van der Waals surface area contributed by atoms with Crippen LogP contribution in [-0.2, 0) is 16.1 Å². The summed E-state index contributed by atoms with van der Waals surface area (Å²) >= 11 is 0. The molecule has 26 heavy (non-hydrogen) atoms. The van der Waals surface area contributed by atoms with Crippen molar-refractivity contribution in [1.29, 1.82) is 0 Å². The van der Waals surface area contributed by atoms with E-state index < -0.39 is 22.6 Å². The molecule has 0 spiro atoms. The molecule has 0 saturated carbocycles. The fourth-order valence-electron chi connectivity index (χ4n) is 2.16. The number of nitrogen functional groups attached to an aromatic ring is 1. The molecule has 0 aliphatic rings. The van der Waals surface area contributed by atoms with Gasteiger partial charge in [0.25, 0.3) is 5.09 Å². The Kier molecular flexibility index (Phi) is 8.07. The van der Waals surface area contributed by atoms with E-state index in [9.17, 15) is 20.0 Å². The molecular formula is C16H25N3O7. The van der Waals surface area contributed by atoms with Gasteiger partial charge in [-0.25, -0.2) is 0 Å². The Morgan fingerprint density at radius 1 is 1.46 bits per heavy atom. The number of nitrogens with zero attached hydrogens (tertiary/aromatic N) is 1. The third-order valence-corrected chi connectivity index (χ3v) is 3.47. The maximum Gasteiger partial charge on any atom is 0.308 e. The van der Waals surface area contributed by atoms with Crippen LogP contribution < -0.4 is 15.8 Å². The Balaban J connectivity index is 2.45. The highest BCUT2D eigenvalue weighted by molar-refractivity contribution is 5.74. The second-order valence-electron chi connectivity index (χ2n) is 6.65. The first-order valence-corrected chi connectivity index (χ1v) is 7.99. The molecule has 10 nitrogen and oxygen atoms in total. The van der Waals surface area contributed by atoms with Gasteiger partial charge in [-0.3, -0.25) is 4.79 Å². The smallest absolute Gasteiger partial charge is 0.308 e. The first kappa shape index (κ1) is 21.5. The minimum absolute atomic E-state index is 0.0606. The number of carboxylic acid groups (broad SMARTS) is 1. The molecule has 1 rings (SSSR count). The predicted molar refractivity (Wildman–Crippen MR) is 93.3 cm³/mol. The van der Waals surface area contributed by atoms with Gasteiger partial charge in [-0.1, -0.05) is 19.9 Å². The summed E-state index contributed by atoms with van der Waals surface area (Å²) in [6, 6.07) is 4.81. The molecule has 0 heterocycles. The number of benzene rings is 1. The SMILES string of the molecule is CC(C)(CNCC(O)COc1cccc(N)c1CC(=O)O)CO[N+](=O)[O-]. The number of aliphatic carboxylic acids is 1. The highest BCUT2D eigenvalue weighted by Crippen LogP contribution is 2.25. The van der Waals surface area contributed by atoms with E-state index >= 15 is 0 Å². The van der Waals surface area contributed by atoms with E-state index in [0.29, 0.717) is 23.5 Å². The Morgan fingerprint density at radius 2 is 2.15 bits per heavy atom. The topological polar surface area (TPSA) is 157 Å². The largest absolute Gasteiger partial charge is 0.490 e. The van der Waals surface area contributed by atoms with Crippen LogP contribution in [0.1, 0.15) is 19.4 Å². The number of aliphatic hydroxyl groups excluding tert-OH is 1.